The van der Waals surface area contributed by atoms with Gasteiger partial charge in [-0.05, 0) is 43.2 Å². The summed E-state index contributed by atoms with van der Waals surface area (Å²) in [6.45, 7) is 0.605. The van der Waals surface area contributed by atoms with E-state index < -0.39 is 0 Å². The fourth-order valence-electron chi connectivity index (χ4n) is 3.04. The molecule has 0 unspecified atom stereocenters. The lowest BCUT2D eigenvalue weighted by atomic mass is 10.0. The first-order valence-electron chi connectivity index (χ1n) is 7.94. The fraction of sp³-hybridized carbons (Fsp3) is 0.278. The molecule has 4 rings (SSSR count). The first-order valence-corrected chi connectivity index (χ1v) is 8.32. The number of hydrogen-bond acceptors (Lipinski definition) is 4. The van der Waals surface area contributed by atoms with Crippen LogP contribution in [0.4, 0.5) is 4.39 Å². The van der Waals surface area contributed by atoms with Gasteiger partial charge in [-0.25, -0.2) is 4.39 Å². The first-order chi connectivity index (χ1) is 12.1. The molecule has 0 radical (unpaired) electrons. The summed E-state index contributed by atoms with van der Waals surface area (Å²) >= 11 is 6.14. The lowest BCUT2D eigenvalue weighted by Gasteiger charge is -2.19. The van der Waals surface area contributed by atoms with Crippen LogP contribution in [-0.2, 0) is 0 Å². The molecule has 0 saturated carbocycles. The molecular weight excluding hydrogens is 349 g/mol. The molecular formula is C18H15ClFNO4. The second-order valence-corrected chi connectivity index (χ2v) is 6.30. The van der Waals surface area contributed by atoms with E-state index in [0.717, 1.165) is 6.42 Å². The fourth-order valence-corrected chi connectivity index (χ4v) is 3.30. The van der Waals surface area contributed by atoms with Gasteiger partial charge >= 0.3 is 0 Å². The zero-order valence-corrected chi connectivity index (χ0v) is 13.9. The molecule has 1 atom stereocenters. The van der Waals surface area contributed by atoms with Gasteiger partial charge in [-0.1, -0.05) is 11.6 Å². The highest BCUT2D eigenvalue weighted by atomic mass is 35.5. The Hall–Kier alpha value is -2.47. The number of amides is 1. The van der Waals surface area contributed by atoms with Gasteiger partial charge in [-0.3, -0.25) is 4.79 Å². The Bertz CT molecular complexity index is 842. The van der Waals surface area contributed by atoms with Crippen molar-refractivity contribution in [1.29, 1.82) is 0 Å². The molecule has 2 heterocycles. The predicted molar refractivity (Wildman–Crippen MR) is 88.9 cm³/mol. The molecule has 1 amide bonds. The maximum Gasteiger partial charge on any atom is 0.251 e. The van der Waals surface area contributed by atoms with E-state index in [1.165, 1.54) is 18.2 Å². The van der Waals surface area contributed by atoms with Crippen LogP contribution in [0.1, 0.15) is 34.8 Å². The summed E-state index contributed by atoms with van der Waals surface area (Å²) in [6, 6.07) is 7.11. The van der Waals surface area contributed by atoms with Gasteiger partial charge in [0.1, 0.15) is 11.6 Å². The number of nitrogens with one attached hydrogen (secondary N) is 1. The minimum Gasteiger partial charge on any atom is -0.493 e. The standard InChI is InChI=1S/C18H15ClFNO4/c19-13-6-10(7-16-17(13)25-9-24-16)18(22)21-14-2-1-5-23-15-4-3-11(20)8-12(14)15/h3-4,6-8,14H,1-2,5,9H2,(H,21,22)/t14-/m1/s1. The molecule has 25 heavy (non-hydrogen) atoms. The molecule has 7 heteroatoms. The number of ether oxygens (including phenoxy) is 3. The van der Waals surface area contributed by atoms with E-state index in [-0.39, 0.29) is 24.6 Å². The molecule has 130 valence electrons. The third-order valence-corrected chi connectivity index (χ3v) is 4.52. The highest BCUT2D eigenvalue weighted by Gasteiger charge is 2.25. The highest BCUT2D eigenvalue weighted by Crippen LogP contribution is 2.40. The summed E-state index contributed by atoms with van der Waals surface area (Å²) in [6.07, 6.45) is 1.41. The largest absolute Gasteiger partial charge is 0.493 e. The molecule has 0 aliphatic carbocycles. The molecule has 1 N–H and O–H groups in total. The van der Waals surface area contributed by atoms with E-state index in [0.29, 0.717) is 46.4 Å². The second-order valence-electron chi connectivity index (χ2n) is 5.89. The average Bonchev–Trinajstić information content (AvgIpc) is 2.99. The van der Waals surface area contributed by atoms with Crippen molar-refractivity contribution in [3.05, 3.63) is 52.3 Å². The Balaban J connectivity index is 1.61. The van der Waals surface area contributed by atoms with Crippen molar-refractivity contribution in [2.24, 2.45) is 0 Å². The summed E-state index contributed by atoms with van der Waals surface area (Å²) in [5.41, 5.74) is 0.995. The van der Waals surface area contributed by atoms with Gasteiger partial charge in [-0.15, -0.1) is 0 Å². The molecule has 2 aliphatic heterocycles. The van der Waals surface area contributed by atoms with Crippen LogP contribution in [0.15, 0.2) is 30.3 Å². The Kier molecular flexibility index (Phi) is 4.13. The molecule has 2 aliphatic rings. The van der Waals surface area contributed by atoms with Crippen LogP contribution in [0.3, 0.4) is 0 Å². The predicted octanol–water partition coefficient (Wildman–Crippen LogP) is 3.85. The summed E-state index contributed by atoms with van der Waals surface area (Å²) in [4.78, 5) is 12.7. The third kappa shape index (κ3) is 3.09. The first kappa shape index (κ1) is 16.0. The van der Waals surface area contributed by atoms with Crippen molar-refractivity contribution in [3.8, 4) is 17.2 Å². The van der Waals surface area contributed by atoms with E-state index in [1.807, 2.05) is 0 Å². The minimum atomic E-state index is -0.366. The molecule has 5 nitrogen and oxygen atoms in total. The molecule has 0 spiro atoms. The zero-order chi connectivity index (χ0) is 17.4. The molecule has 0 aromatic heterocycles. The van der Waals surface area contributed by atoms with Crippen molar-refractivity contribution >= 4 is 17.5 Å². The van der Waals surface area contributed by atoms with E-state index in [9.17, 15) is 9.18 Å². The number of hydrogen-bond donors (Lipinski definition) is 1. The van der Waals surface area contributed by atoms with E-state index >= 15 is 0 Å². The maximum absolute atomic E-state index is 13.6. The van der Waals surface area contributed by atoms with E-state index in [4.69, 9.17) is 25.8 Å². The molecule has 0 fully saturated rings. The molecule has 2 aromatic carbocycles. The van der Waals surface area contributed by atoms with Crippen molar-refractivity contribution in [3.63, 3.8) is 0 Å². The number of fused-ring (bicyclic) bond motifs is 2. The summed E-state index contributed by atoms with van der Waals surface area (Å²) < 4.78 is 29.8. The van der Waals surface area contributed by atoms with Gasteiger partial charge in [0.15, 0.2) is 11.5 Å². The lowest BCUT2D eigenvalue weighted by Crippen LogP contribution is -2.28. The summed E-state index contributed by atoms with van der Waals surface area (Å²) in [7, 11) is 0. The Morgan fingerprint density at radius 1 is 1.16 bits per heavy atom. The smallest absolute Gasteiger partial charge is 0.251 e. The van der Waals surface area contributed by atoms with Crippen LogP contribution in [-0.4, -0.2) is 19.3 Å². The van der Waals surface area contributed by atoms with Crippen LogP contribution in [0.2, 0.25) is 5.02 Å². The van der Waals surface area contributed by atoms with E-state index in [1.54, 1.807) is 12.1 Å². The van der Waals surface area contributed by atoms with Crippen molar-refractivity contribution in [2.45, 2.75) is 18.9 Å². The van der Waals surface area contributed by atoms with Crippen LogP contribution in [0.5, 0.6) is 17.2 Å². The van der Waals surface area contributed by atoms with Crippen molar-refractivity contribution in [1.82, 2.24) is 5.32 Å². The highest BCUT2D eigenvalue weighted by molar-refractivity contribution is 6.32. The monoisotopic (exact) mass is 363 g/mol. The van der Waals surface area contributed by atoms with Crippen LogP contribution < -0.4 is 19.5 Å². The van der Waals surface area contributed by atoms with Crippen LogP contribution >= 0.6 is 11.6 Å². The zero-order valence-electron chi connectivity index (χ0n) is 13.2. The molecule has 2 aromatic rings. The van der Waals surface area contributed by atoms with E-state index in [2.05, 4.69) is 5.32 Å². The number of benzene rings is 2. The summed E-state index contributed by atoms with van der Waals surface area (Å²) in [5, 5.41) is 3.25. The van der Waals surface area contributed by atoms with Crippen LogP contribution in [0.25, 0.3) is 0 Å². The van der Waals surface area contributed by atoms with Gasteiger partial charge in [0.25, 0.3) is 5.91 Å². The quantitative estimate of drug-likeness (QED) is 0.880. The summed E-state index contributed by atoms with van der Waals surface area (Å²) in [5.74, 6) is 0.784. The van der Waals surface area contributed by atoms with Gasteiger partial charge < -0.3 is 19.5 Å². The van der Waals surface area contributed by atoms with Gasteiger partial charge in [0.05, 0.1) is 17.7 Å². The Morgan fingerprint density at radius 3 is 2.92 bits per heavy atom. The second kappa shape index (κ2) is 6.44. The maximum atomic E-state index is 13.6. The normalized spacial score (nSPS) is 18.1. The topological polar surface area (TPSA) is 56.8 Å². The Labute approximate surface area is 148 Å². The SMILES string of the molecule is O=C(N[C@@H]1CCCOc2ccc(F)cc21)c1cc(Cl)c2c(c1)OCO2. The molecule has 0 bridgehead atoms. The van der Waals surface area contributed by atoms with Crippen LogP contribution in [0, 0.1) is 5.82 Å². The van der Waals surface area contributed by atoms with Gasteiger partial charge in [0, 0.05) is 11.1 Å². The van der Waals surface area contributed by atoms with Gasteiger partial charge in [0.2, 0.25) is 6.79 Å². The average molecular weight is 364 g/mol. The van der Waals surface area contributed by atoms with Gasteiger partial charge in [-0.2, -0.15) is 0 Å². The molecule has 0 saturated heterocycles. The Morgan fingerprint density at radius 2 is 2.04 bits per heavy atom. The number of rotatable bonds is 2. The number of carbonyl (C=O) groups is 1. The third-order valence-electron chi connectivity index (χ3n) is 4.24. The van der Waals surface area contributed by atoms with Crippen molar-refractivity contribution in [2.75, 3.05) is 13.4 Å². The van der Waals surface area contributed by atoms with Crippen molar-refractivity contribution < 1.29 is 23.4 Å². The minimum absolute atomic E-state index is 0.0761. The lowest BCUT2D eigenvalue weighted by molar-refractivity contribution is 0.0934. The number of carbonyl (C=O) groups excluding carboxylic acids is 1. The number of halogens is 2.